The minimum atomic E-state index is -5.54. The minimum absolute atomic E-state index is 0.0114. The van der Waals surface area contributed by atoms with Crippen LogP contribution in [-0.2, 0) is 83.1 Å². The number of phosphoric acid groups is 3. The number of nitrogen functional groups attached to an aromatic ring is 3. The van der Waals surface area contributed by atoms with Gasteiger partial charge in [0.1, 0.15) is 96.6 Å². The number of rotatable bonds is 42. The fraction of sp³-hybridized carbons (Fsp3) is 0.724. The van der Waals surface area contributed by atoms with Crippen LogP contribution < -0.4 is 17.2 Å². The highest BCUT2D eigenvalue weighted by Crippen LogP contribution is 2.62. The summed E-state index contributed by atoms with van der Waals surface area (Å²) >= 11 is 0.497. The van der Waals surface area contributed by atoms with Crippen molar-refractivity contribution in [3.05, 3.63) is 38.0 Å². The SMILES string of the molecule is CCCCCCCCCCCCCCCCC(C)(C)C(=O)OCCSP(=O)(O)OC1[C@H](n2cnc3c(N)ncnc32)O[C@@]2(COP(=O)(O)OC3[C@@H](O)[C@@H](COP(=O)(O)OC4[C@@H](OC)[C@@H](COP(=O)(O)OCCO)O[C@H]4n4cnc5c(N)ncnc54)O[C@H]3n3cnc4c(N)ncnc43)CCCO[C@H]12. The molecule has 0 saturated carbocycles. The zero-order valence-electron chi connectivity index (χ0n) is 56.8. The third kappa shape index (κ3) is 19.6. The number of unbranched alkanes of at least 4 members (excludes halogenated alkanes) is 13. The van der Waals surface area contributed by atoms with Gasteiger partial charge in [0.15, 0.2) is 53.1 Å². The monoisotopic (exact) mass is 1540 g/mol. The highest BCUT2D eigenvalue weighted by atomic mass is 32.7. The Morgan fingerprint density at radius 3 is 1.66 bits per heavy atom. The number of esters is 1. The van der Waals surface area contributed by atoms with Crippen molar-refractivity contribution >= 4 is 98.6 Å². The predicted octanol–water partition coefficient (Wildman–Crippen LogP) is 6.66. The van der Waals surface area contributed by atoms with E-state index in [1.54, 1.807) is 0 Å². The first kappa shape index (κ1) is 79.6. The van der Waals surface area contributed by atoms with E-state index in [-0.39, 0.29) is 82.8 Å². The van der Waals surface area contributed by atoms with E-state index in [0.717, 1.165) is 51.0 Å². The van der Waals surface area contributed by atoms with Crippen LogP contribution >= 0.6 is 41.6 Å². The molecule has 4 saturated heterocycles. The number of hydrogen-bond acceptors (Lipinski definition) is 33. The summed E-state index contributed by atoms with van der Waals surface area (Å²) in [5.41, 5.74) is 16.1. The molecule has 0 radical (unpaired) electrons. The molecule has 44 heteroatoms. The molecule has 0 amide bonds. The van der Waals surface area contributed by atoms with E-state index in [9.17, 15) is 47.7 Å². The van der Waals surface area contributed by atoms with Gasteiger partial charge in [-0.05, 0) is 44.5 Å². The molecule has 4 aliphatic heterocycles. The largest absolute Gasteiger partial charge is 0.472 e. The summed E-state index contributed by atoms with van der Waals surface area (Å²) in [7, 11) is -14.6. The van der Waals surface area contributed by atoms with Gasteiger partial charge in [0.2, 0.25) is 0 Å². The molecule has 0 aliphatic carbocycles. The average molecular weight is 1540 g/mol. The van der Waals surface area contributed by atoms with Gasteiger partial charge in [-0.25, -0.2) is 63.1 Å². The molecule has 7 unspecified atom stereocenters. The van der Waals surface area contributed by atoms with E-state index < -0.39 is 148 Å². The van der Waals surface area contributed by atoms with Crippen LogP contribution in [0.5, 0.6) is 0 Å². The van der Waals surface area contributed by atoms with Gasteiger partial charge in [0.25, 0.3) is 0 Å². The van der Waals surface area contributed by atoms with Crippen LogP contribution in [0.3, 0.4) is 0 Å². The first-order valence-corrected chi connectivity index (χ1v) is 41.3. The van der Waals surface area contributed by atoms with Crippen LogP contribution in [0.4, 0.5) is 17.5 Å². The van der Waals surface area contributed by atoms with Gasteiger partial charge in [0.05, 0.1) is 57.4 Å². The fourth-order valence-corrected chi connectivity index (χ4v) is 17.8. The van der Waals surface area contributed by atoms with E-state index in [1.165, 1.54) is 97.7 Å². The minimum Gasteiger partial charge on any atom is -0.464 e. The fourth-order valence-electron chi connectivity index (χ4n) is 12.8. The molecule has 6 aromatic rings. The number of phosphoric ester groups is 3. The molecular formula is C58H91N15O24P4S. The molecular weight excluding hydrogens is 1450 g/mol. The molecule has 10 heterocycles. The number of imidazole rings is 3. The van der Waals surface area contributed by atoms with Gasteiger partial charge in [0, 0.05) is 19.5 Å². The summed E-state index contributed by atoms with van der Waals surface area (Å²) in [5, 5.41) is 21.3. The molecule has 6 aromatic heterocycles. The third-order valence-electron chi connectivity index (χ3n) is 18.0. The normalized spacial score (nSPS) is 27.1. The number of aliphatic hydroxyl groups excluding tert-OH is 2. The molecule has 102 heavy (non-hydrogen) atoms. The molecule has 16 atom stereocenters. The maximum atomic E-state index is 14.6. The lowest BCUT2D eigenvalue weighted by atomic mass is 9.87. The number of fused-ring (bicyclic) bond motifs is 4. The number of carbonyl (C=O) groups excluding carboxylic acids is 1. The van der Waals surface area contributed by atoms with E-state index in [1.807, 2.05) is 13.8 Å². The number of hydrogen-bond donors (Lipinski definition) is 9. The predicted molar refractivity (Wildman–Crippen MR) is 363 cm³/mol. The molecule has 0 spiro atoms. The Kier molecular flexibility index (Phi) is 27.5. The first-order valence-electron chi connectivity index (χ1n) is 33.7. The van der Waals surface area contributed by atoms with Crippen molar-refractivity contribution in [2.45, 2.75) is 203 Å². The number of methoxy groups -OCH3 is 1. The lowest BCUT2D eigenvalue weighted by molar-refractivity contribution is -0.165. The first-order chi connectivity index (χ1) is 48.7. The topological polar surface area (TPSA) is 536 Å². The van der Waals surface area contributed by atoms with Gasteiger partial charge in [-0.2, -0.15) is 0 Å². The summed E-state index contributed by atoms with van der Waals surface area (Å²) in [6.45, 7) is -2.89. The molecule has 39 nitrogen and oxygen atoms in total. The summed E-state index contributed by atoms with van der Waals surface area (Å²) in [6, 6.07) is 0. The zero-order valence-corrected chi connectivity index (χ0v) is 61.2. The summed E-state index contributed by atoms with van der Waals surface area (Å²) in [6.07, 6.45) is 7.05. The summed E-state index contributed by atoms with van der Waals surface area (Å²) in [4.78, 5) is 96.1. The van der Waals surface area contributed by atoms with Crippen molar-refractivity contribution < 1.29 is 113 Å². The van der Waals surface area contributed by atoms with Crippen LogP contribution in [0.15, 0.2) is 38.0 Å². The Bertz CT molecular complexity index is 3960. The van der Waals surface area contributed by atoms with Gasteiger partial charge in [-0.15, -0.1) is 0 Å². The number of aromatic nitrogens is 12. The number of aliphatic hydroxyl groups is 2. The Balaban J connectivity index is 0.805. The Hall–Kier alpha value is -4.93. The standard InChI is InChI=1S/C58H91N15O24P4S/c1-5-6-7-8-9-10-11-12-13-14-15-16-17-18-20-57(2,3)56(76)87-25-26-102-101(83,84)97-45-46-58(21-19-23-86-46,94-55(45)73-35-70-40-49(61)64-32-67-52(40)73)29-91-100(81,82)95-43-41(75)36(92-53(43)71-33-68-38-47(59)62-30-65-50(38)71)27-90-99(79,80)96-44-42(85-4)37(28-89-98(77,78)88-24-22-74)93-54(44)72-34-69-39-48(60)63-31-66-51(39)72/h30-37,41-46,53-55,74-75H,5-29H2,1-4H3,(H,77,78)(H,79,80)(H,81,82)(H,83,84)(H2,59,62,65)(H2,60,63,66)(H2,61,64,67)/t36-,37-,41+,42+,43?,44?,45?,46-,53-,54-,55-,58-/m1/s1. The smallest absolute Gasteiger partial charge is 0.464 e. The van der Waals surface area contributed by atoms with E-state index >= 15 is 0 Å². The van der Waals surface area contributed by atoms with Crippen LogP contribution in [-0.4, -0.2) is 208 Å². The zero-order chi connectivity index (χ0) is 73.0. The maximum absolute atomic E-state index is 14.6. The highest BCUT2D eigenvalue weighted by molar-refractivity contribution is 8.54. The van der Waals surface area contributed by atoms with Crippen LogP contribution in [0.25, 0.3) is 33.5 Å². The van der Waals surface area contributed by atoms with Gasteiger partial charge >= 0.3 is 36.2 Å². The molecule has 0 bridgehead atoms. The highest BCUT2D eigenvalue weighted by Gasteiger charge is 2.62. The Morgan fingerprint density at radius 1 is 0.618 bits per heavy atom. The van der Waals surface area contributed by atoms with Gasteiger partial charge in [-0.1, -0.05) is 96.8 Å². The molecule has 568 valence electrons. The Labute approximate surface area is 590 Å². The van der Waals surface area contributed by atoms with Crippen LogP contribution in [0.1, 0.15) is 149 Å². The second kappa shape index (κ2) is 35.2. The average Bonchev–Trinajstić information content (AvgIpc) is 1.59. The molecule has 4 aliphatic rings. The third-order valence-corrected chi connectivity index (χ3v) is 23.9. The molecule has 4 fully saturated rings. The quantitative estimate of drug-likeness (QED) is 0.0110. The van der Waals surface area contributed by atoms with Crippen LogP contribution in [0, 0.1) is 5.41 Å². The maximum Gasteiger partial charge on any atom is 0.472 e. The van der Waals surface area contributed by atoms with E-state index in [0.29, 0.717) is 17.8 Å². The number of anilines is 3. The second-order valence-corrected chi connectivity index (χ2v) is 34.0. The van der Waals surface area contributed by atoms with E-state index in [4.69, 9.17) is 82.4 Å². The van der Waals surface area contributed by atoms with E-state index in [2.05, 4.69) is 51.8 Å². The summed E-state index contributed by atoms with van der Waals surface area (Å²) in [5.74, 6) is -0.767. The van der Waals surface area contributed by atoms with Crippen molar-refractivity contribution in [2.75, 3.05) is 76.3 Å². The number of ether oxygens (including phenoxy) is 6. The van der Waals surface area contributed by atoms with Crippen molar-refractivity contribution in [1.29, 1.82) is 0 Å². The second-order valence-electron chi connectivity index (χ2n) is 25.7. The van der Waals surface area contributed by atoms with Crippen molar-refractivity contribution in [2.24, 2.45) is 5.41 Å². The van der Waals surface area contributed by atoms with Gasteiger partial charge in [-0.3, -0.25) is 50.2 Å². The number of carbonyl (C=O) groups is 1. The van der Waals surface area contributed by atoms with Crippen molar-refractivity contribution in [3.63, 3.8) is 0 Å². The summed E-state index contributed by atoms with van der Waals surface area (Å²) < 4.78 is 135. The lowest BCUT2D eigenvalue weighted by Gasteiger charge is -2.38. The number of nitrogens with zero attached hydrogens (tertiary/aromatic N) is 12. The number of nitrogens with two attached hydrogens (primary N) is 3. The van der Waals surface area contributed by atoms with Crippen molar-refractivity contribution in [3.8, 4) is 0 Å². The molecule has 10 rings (SSSR count). The molecule has 12 N–H and O–H groups in total. The van der Waals surface area contributed by atoms with Crippen LogP contribution in [0.2, 0.25) is 0 Å². The lowest BCUT2D eigenvalue weighted by Crippen LogP contribution is -2.51. The van der Waals surface area contributed by atoms with Crippen molar-refractivity contribution in [1.82, 2.24) is 58.6 Å². The Morgan fingerprint density at radius 2 is 1.11 bits per heavy atom. The van der Waals surface area contributed by atoms with Gasteiger partial charge < -0.3 is 75.4 Å². The molecule has 0 aromatic carbocycles.